The maximum Gasteiger partial charge on any atom is 0.239 e. The molecule has 2 aromatic rings. The molecule has 0 saturated carbocycles. The van der Waals surface area contributed by atoms with E-state index in [1.165, 1.54) is 21.4 Å². The number of anilines is 1. The SMILES string of the molecule is Cc1cc(C)cc(CNc2cnn(CC(N)=O)c2)c1. The van der Waals surface area contributed by atoms with Gasteiger partial charge in [0.2, 0.25) is 5.91 Å². The van der Waals surface area contributed by atoms with Crippen LogP contribution >= 0.6 is 0 Å². The predicted molar refractivity (Wildman–Crippen MR) is 74.7 cm³/mol. The normalized spacial score (nSPS) is 10.4. The number of hydrogen-bond acceptors (Lipinski definition) is 3. The molecule has 0 aliphatic heterocycles. The quantitative estimate of drug-likeness (QED) is 0.855. The Morgan fingerprint density at radius 2 is 2.00 bits per heavy atom. The van der Waals surface area contributed by atoms with Crippen molar-refractivity contribution in [2.75, 3.05) is 5.32 Å². The average molecular weight is 258 g/mol. The first-order valence-electron chi connectivity index (χ1n) is 6.15. The van der Waals surface area contributed by atoms with E-state index in [9.17, 15) is 4.79 Å². The molecule has 0 saturated heterocycles. The van der Waals surface area contributed by atoms with E-state index >= 15 is 0 Å². The number of benzene rings is 1. The number of nitrogens with zero attached hydrogens (tertiary/aromatic N) is 2. The molecule has 0 unspecified atom stereocenters. The third-order valence-corrected chi connectivity index (χ3v) is 2.73. The molecule has 5 heteroatoms. The van der Waals surface area contributed by atoms with Gasteiger partial charge in [0.15, 0.2) is 0 Å². The van der Waals surface area contributed by atoms with Crippen molar-refractivity contribution < 1.29 is 4.79 Å². The number of hydrogen-bond donors (Lipinski definition) is 2. The summed E-state index contributed by atoms with van der Waals surface area (Å²) in [6.45, 7) is 5.00. The van der Waals surface area contributed by atoms with E-state index in [-0.39, 0.29) is 6.54 Å². The number of carbonyl (C=O) groups is 1. The van der Waals surface area contributed by atoms with Gasteiger partial charge in [-0.3, -0.25) is 9.48 Å². The summed E-state index contributed by atoms with van der Waals surface area (Å²) >= 11 is 0. The van der Waals surface area contributed by atoms with E-state index in [0.29, 0.717) is 0 Å². The molecule has 1 aromatic heterocycles. The van der Waals surface area contributed by atoms with Crippen LogP contribution in [0.15, 0.2) is 30.6 Å². The molecule has 0 fully saturated rings. The van der Waals surface area contributed by atoms with Crippen LogP contribution in [0, 0.1) is 13.8 Å². The average Bonchev–Trinajstić information content (AvgIpc) is 2.72. The highest BCUT2D eigenvalue weighted by atomic mass is 16.1. The number of carbonyl (C=O) groups excluding carboxylic acids is 1. The van der Waals surface area contributed by atoms with Crippen LogP contribution < -0.4 is 11.1 Å². The Balaban J connectivity index is 1.98. The fraction of sp³-hybridized carbons (Fsp3) is 0.286. The van der Waals surface area contributed by atoms with E-state index in [1.54, 1.807) is 12.4 Å². The topological polar surface area (TPSA) is 72.9 Å². The van der Waals surface area contributed by atoms with E-state index in [1.807, 2.05) is 0 Å². The first kappa shape index (κ1) is 13.1. The van der Waals surface area contributed by atoms with Crippen LogP contribution in [0.1, 0.15) is 16.7 Å². The molecule has 0 radical (unpaired) electrons. The molecule has 1 heterocycles. The molecule has 0 spiro atoms. The minimum atomic E-state index is -0.399. The molecule has 19 heavy (non-hydrogen) atoms. The first-order valence-corrected chi connectivity index (χ1v) is 6.15. The molecule has 2 rings (SSSR count). The molecule has 1 amide bonds. The molecule has 1 aromatic carbocycles. The van der Waals surface area contributed by atoms with E-state index < -0.39 is 5.91 Å². The Labute approximate surface area is 112 Å². The van der Waals surface area contributed by atoms with Crippen molar-refractivity contribution in [2.45, 2.75) is 26.9 Å². The van der Waals surface area contributed by atoms with Gasteiger partial charge in [-0.15, -0.1) is 0 Å². The summed E-state index contributed by atoms with van der Waals surface area (Å²) in [4.78, 5) is 10.8. The number of aromatic nitrogens is 2. The zero-order valence-corrected chi connectivity index (χ0v) is 11.2. The van der Waals surface area contributed by atoms with Crippen LogP contribution in [0.2, 0.25) is 0 Å². The van der Waals surface area contributed by atoms with Crippen molar-refractivity contribution in [2.24, 2.45) is 5.73 Å². The van der Waals surface area contributed by atoms with Crippen LogP contribution in [0.3, 0.4) is 0 Å². The maximum absolute atomic E-state index is 10.8. The number of nitrogens with two attached hydrogens (primary N) is 1. The van der Waals surface area contributed by atoms with Gasteiger partial charge in [-0.2, -0.15) is 5.10 Å². The molecule has 0 bridgehead atoms. The van der Waals surface area contributed by atoms with E-state index in [4.69, 9.17) is 5.73 Å². The molecule has 0 aliphatic carbocycles. The van der Waals surface area contributed by atoms with Crippen LogP contribution in [0.25, 0.3) is 0 Å². The third-order valence-electron chi connectivity index (χ3n) is 2.73. The molecule has 3 N–H and O–H groups in total. The summed E-state index contributed by atoms with van der Waals surface area (Å²) in [7, 11) is 0. The van der Waals surface area contributed by atoms with Crippen molar-refractivity contribution in [3.8, 4) is 0 Å². The molecule has 0 atom stereocenters. The van der Waals surface area contributed by atoms with Gasteiger partial charge in [0, 0.05) is 12.7 Å². The smallest absolute Gasteiger partial charge is 0.239 e. The van der Waals surface area contributed by atoms with Crippen LogP contribution in [0.5, 0.6) is 0 Å². The van der Waals surface area contributed by atoms with E-state index in [2.05, 4.69) is 42.5 Å². The highest BCUT2D eigenvalue weighted by molar-refractivity contribution is 5.73. The molecular formula is C14H18N4O. The second-order valence-corrected chi connectivity index (χ2v) is 4.74. The summed E-state index contributed by atoms with van der Waals surface area (Å²) in [5, 5.41) is 7.33. The summed E-state index contributed by atoms with van der Waals surface area (Å²) < 4.78 is 1.52. The highest BCUT2D eigenvalue weighted by Crippen LogP contribution is 2.12. The van der Waals surface area contributed by atoms with Crippen molar-refractivity contribution in [3.63, 3.8) is 0 Å². The summed E-state index contributed by atoms with van der Waals surface area (Å²) in [5.74, 6) is -0.399. The lowest BCUT2D eigenvalue weighted by molar-refractivity contribution is -0.118. The Morgan fingerprint density at radius 3 is 2.63 bits per heavy atom. The minimum absolute atomic E-state index is 0.102. The summed E-state index contributed by atoms with van der Waals surface area (Å²) in [5.41, 5.74) is 9.71. The summed E-state index contributed by atoms with van der Waals surface area (Å²) in [6.07, 6.45) is 3.46. The zero-order chi connectivity index (χ0) is 13.8. The van der Waals surface area contributed by atoms with Crippen LogP contribution in [-0.4, -0.2) is 15.7 Å². The predicted octanol–water partition coefficient (Wildman–Crippen LogP) is 1.60. The molecular weight excluding hydrogens is 240 g/mol. The number of rotatable bonds is 5. The van der Waals surface area contributed by atoms with Crippen molar-refractivity contribution >= 4 is 11.6 Å². The largest absolute Gasteiger partial charge is 0.378 e. The van der Waals surface area contributed by atoms with Gasteiger partial charge < -0.3 is 11.1 Å². The standard InChI is InChI=1S/C14H18N4O/c1-10-3-11(2)5-12(4-10)6-16-13-7-17-18(8-13)9-14(15)19/h3-5,7-8,16H,6,9H2,1-2H3,(H2,15,19). The molecule has 0 aliphatic rings. The summed E-state index contributed by atoms with van der Waals surface area (Å²) in [6, 6.07) is 6.44. The minimum Gasteiger partial charge on any atom is -0.378 e. The number of nitrogens with one attached hydrogen (secondary N) is 1. The van der Waals surface area contributed by atoms with Crippen LogP contribution in [0.4, 0.5) is 5.69 Å². The second-order valence-electron chi connectivity index (χ2n) is 4.74. The Bertz CT molecular complexity index is 569. The first-order chi connectivity index (χ1) is 9.02. The van der Waals surface area contributed by atoms with Gasteiger partial charge in [-0.1, -0.05) is 29.3 Å². The van der Waals surface area contributed by atoms with Gasteiger partial charge in [0.05, 0.1) is 11.9 Å². The van der Waals surface area contributed by atoms with Crippen LogP contribution in [-0.2, 0) is 17.9 Å². The lowest BCUT2D eigenvalue weighted by Gasteiger charge is -2.06. The third kappa shape index (κ3) is 3.84. The van der Waals surface area contributed by atoms with Crippen molar-refractivity contribution in [1.29, 1.82) is 0 Å². The second kappa shape index (κ2) is 5.56. The Kier molecular flexibility index (Phi) is 3.85. The Hall–Kier alpha value is -2.30. The number of amides is 1. The van der Waals surface area contributed by atoms with Gasteiger partial charge in [-0.25, -0.2) is 0 Å². The lowest BCUT2D eigenvalue weighted by Crippen LogP contribution is -2.18. The van der Waals surface area contributed by atoms with Crippen molar-refractivity contribution in [1.82, 2.24) is 9.78 Å². The lowest BCUT2D eigenvalue weighted by atomic mass is 10.1. The van der Waals surface area contributed by atoms with Gasteiger partial charge in [-0.05, 0) is 19.4 Å². The highest BCUT2D eigenvalue weighted by Gasteiger charge is 2.01. The zero-order valence-electron chi connectivity index (χ0n) is 11.2. The fourth-order valence-electron chi connectivity index (χ4n) is 2.08. The monoisotopic (exact) mass is 258 g/mol. The van der Waals surface area contributed by atoms with Crippen molar-refractivity contribution in [3.05, 3.63) is 47.3 Å². The van der Waals surface area contributed by atoms with Gasteiger partial charge >= 0.3 is 0 Å². The number of primary amides is 1. The van der Waals surface area contributed by atoms with E-state index in [0.717, 1.165) is 12.2 Å². The van der Waals surface area contributed by atoms with Gasteiger partial charge in [0.25, 0.3) is 0 Å². The number of aryl methyl sites for hydroxylation is 2. The molecule has 100 valence electrons. The fourth-order valence-corrected chi connectivity index (χ4v) is 2.08. The molecule has 5 nitrogen and oxygen atoms in total. The maximum atomic E-state index is 10.8. The Morgan fingerprint density at radius 1 is 1.32 bits per heavy atom. The van der Waals surface area contributed by atoms with Gasteiger partial charge in [0.1, 0.15) is 6.54 Å².